The summed E-state index contributed by atoms with van der Waals surface area (Å²) < 4.78 is 10.4. The van der Waals surface area contributed by atoms with E-state index in [-0.39, 0.29) is 31.6 Å². The molecule has 0 aliphatic carbocycles. The molecule has 0 radical (unpaired) electrons. The molecule has 0 fully saturated rings. The third-order valence-corrected chi connectivity index (χ3v) is 6.41. The van der Waals surface area contributed by atoms with E-state index in [2.05, 4.69) is 5.32 Å². The standard InChI is InChI=1S/C25H30N2O5S/c1-3-31-23(28)16-27-21-12-8-9-13-22(21)33-17-20(24(27)29)26-19(25(30)32-4-2)15-14-18-10-6-5-7-11-18/h5-13,19-20,26H,3-4,14-17H2,1-2H3. The number of benzene rings is 2. The number of hydrogen-bond acceptors (Lipinski definition) is 7. The van der Waals surface area contributed by atoms with Gasteiger partial charge in [-0.25, -0.2) is 0 Å². The molecular formula is C25H30N2O5S. The largest absolute Gasteiger partial charge is 0.465 e. The number of rotatable bonds is 10. The predicted octanol–water partition coefficient (Wildman–Crippen LogP) is 3.21. The van der Waals surface area contributed by atoms with Crippen LogP contribution in [0.3, 0.4) is 0 Å². The molecule has 33 heavy (non-hydrogen) atoms. The highest BCUT2D eigenvalue weighted by Gasteiger charge is 2.35. The fourth-order valence-electron chi connectivity index (χ4n) is 3.68. The van der Waals surface area contributed by atoms with Crippen LogP contribution in [0.4, 0.5) is 5.69 Å². The number of esters is 2. The van der Waals surface area contributed by atoms with Crippen molar-refractivity contribution in [3.63, 3.8) is 0 Å². The van der Waals surface area contributed by atoms with Crippen LogP contribution in [-0.4, -0.2) is 55.4 Å². The summed E-state index contributed by atoms with van der Waals surface area (Å²) in [5.74, 6) is -0.701. The van der Waals surface area contributed by atoms with Crippen molar-refractivity contribution in [2.24, 2.45) is 0 Å². The molecule has 1 aliphatic heterocycles. The van der Waals surface area contributed by atoms with Crippen molar-refractivity contribution in [1.82, 2.24) is 5.32 Å². The molecule has 2 aromatic carbocycles. The van der Waals surface area contributed by atoms with Crippen molar-refractivity contribution in [2.75, 3.05) is 30.4 Å². The van der Waals surface area contributed by atoms with Gasteiger partial charge in [0.15, 0.2) is 0 Å². The average Bonchev–Trinajstić information content (AvgIpc) is 2.95. The van der Waals surface area contributed by atoms with E-state index in [4.69, 9.17) is 9.47 Å². The smallest absolute Gasteiger partial charge is 0.326 e. The van der Waals surface area contributed by atoms with E-state index in [1.807, 2.05) is 54.6 Å². The summed E-state index contributed by atoms with van der Waals surface area (Å²) >= 11 is 1.52. The van der Waals surface area contributed by atoms with Gasteiger partial charge >= 0.3 is 11.9 Å². The topological polar surface area (TPSA) is 84.9 Å². The van der Waals surface area contributed by atoms with E-state index in [0.717, 1.165) is 10.5 Å². The van der Waals surface area contributed by atoms with Gasteiger partial charge in [0.25, 0.3) is 0 Å². The monoisotopic (exact) mass is 470 g/mol. The maximum atomic E-state index is 13.5. The summed E-state index contributed by atoms with van der Waals surface area (Å²) in [5, 5.41) is 3.23. The highest BCUT2D eigenvalue weighted by Crippen LogP contribution is 2.34. The zero-order chi connectivity index (χ0) is 23.6. The van der Waals surface area contributed by atoms with Crippen molar-refractivity contribution in [2.45, 2.75) is 43.7 Å². The number of anilines is 1. The lowest BCUT2D eigenvalue weighted by Gasteiger charge is -2.27. The van der Waals surface area contributed by atoms with Crippen LogP contribution < -0.4 is 10.2 Å². The Kier molecular flexibility index (Phi) is 9.33. The van der Waals surface area contributed by atoms with E-state index < -0.39 is 18.1 Å². The predicted molar refractivity (Wildman–Crippen MR) is 128 cm³/mol. The second-order valence-electron chi connectivity index (χ2n) is 7.56. The molecule has 1 N–H and O–H groups in total. The van der Waals surface area contributed by atoms with E-state index in [1.165, 1.54) is 16.7 Å². The van der Waals surface area contributed by atoms with Gasteiger partial charge in [0.1, 0.15) is 12.6 Å². The molecule has 2 unspecified atom stereocenters. The van der Waals surface area contributed by atoms with Gasteiger partial charge in [-0.15, -0.1) is 11.8 Å². The molecule has 0 aromatic heterocycles. The van der Waals surface area contributed by atoms with Crippen molar-refractivity contribution in [1.29, 1.82) is 0 Å². The first-order chi connectivity index (χ1) is 16.0. The van der Waals surface area contributed by atoms with Crippen molar-refractivity contribution < 1.29 is 23.9 Å². The van der Waals surface area contributed by atoms with Crippen LogP contribution >= 0.6 is 11.8 Å². The molecule has 0 saturated heterocycles. The number of carbonyl (C=O) groups excluding carboxylic acids is 3. The zero-order valence-electron chi connectivity index (χ0n) is 19.0. The number of nitrogens with one attached hydrogen (secondary N) is 1. The molecule has 8 heteroatoms. The normalized spacial score (nSPS) is 16.5. The van der Waals surface area contributed by atoms with Crippen LogP contribution in [0.15, 0.2) is 59.5 Å². The SMILES string of the molecule is CCOC(=O)CN1C(=O)C(NC(CCc2ccccc2)C(=O)OCC)CSc2ccccc21. The molecular weight excluding hydrogens is 440 g/mol. The maximum Gasteiger partial charge on any atom is 0.326 e. The third-order valence-electron chi connectivity index (χ3n) is 5.26. The van der Waals surface area contributed by atoms with E-state index >= 15 is 0 Å². The first-order valence-corrected chi connectivity index (χ1v) is 12.2. The number of thioether (sulfide) groups is 1. The van der Waals surface area contributed by atoms with Crippen LogP contribution in [0.25, 0.3) is 0 Å². The van der Waals surface area contributed by atoms with Gasteiger partial charge in [-0.1, -0.05) is 42.5 Å². The van der Waals surface area contributed by atoms with Crippen LogP contribution in [-0.2, 0) is 30.3 Å². The highest BCUT2D eigenvalue weighted by atomic mass is 32.2. The molecule has 7 nitrogen and oxygen atoms in total. The van der Waals surface area contributed by atoms with Crippen LogP contribution in [0.5, 0.6) is 0 Å². The molecule has 0 spiro atoms. The van der Waals surface area contributed by atoms with E-state index in [1.54, 1.807) is 13.8 Å². The fraction of sp³-hybridized carbons (Fsp3) is 0.400. The number of aryl methyl sites for hydroxylation is 1. The summed E-state index contributed by atoms with van der Waals surface area (Å²) in [6, 6.07) is 16.0. The number of hydrogen-bond donors (Lipinski definition) is 1. The summed E-state index contributed by atoms with van der Waals surface area (Å²) in [7, 11) is 0. The Morgan fingerprint density at radius 1 is 1.06 bits per heavy atom. The Balaban J connectivity index is 1.80. The molecule has 2 atom stereocenters. The minimum absolute atomic E-state index is 0.184. The van der Waals surface area contributed by atoms with Crippen LogP contribution in [0.2, 0.25) is 0 Å². The molecule has 3 rings (SSSR count). The third kappa shape index (κ3) is 6.82. The summed E-state index contributed by atoms with van der Waals surface area (Å²) in [4.78, 5) is 40.8. The second-order valence-corrected chi connectivity index (χ2v) is 8.62. The van der Waals surface area contributed by atoms with Crippen molar-refractivity contribution in [3.05, 3.63) is 60.2 Å². The molecule has 176 valence electrons. The lowest BCUT2D eigenvalue weighted by Crippen LogP contribution is -2.54. The van der Waals surface area contributed by atoms with Gasteiger partial charge in [-0.2, -0.15) is 0 Å². The Morgan fingerprint density at radius 3 is 2.48 bits per heavy atom. The first kappa shape index (κ1) is 24.8. The van der Waals surface area contributed by atoms with Gasteiger partial charge < -0.3 is 9.47 Å². The Labute approximate surface area is 198 Å². The van der Waals surface area contributed by atoms with Gasteiger partial charge in [0.2, 0.25) is 5.91 Å². The maximum absolute atomic E-state index is 13.5. The number of fused-ring (bicyclic) bond motifs is 1. The molecule has 0 bridgehead atoms. The molecule has 2 aromatic rings. The van der Waals surface area contributed by atoms with Crippen LogP contribution in [0.1, 0.15) is 25.8 Å². The Morgan fingerprint density at radius 2 is 1.76 bits per heavy atom. The summed E-state index contributed by atoms with van der Waals surface area (Å²) in [6.45, 7) is 3.81. The second kappa shape index (κ2) is 12.4. The molecule has 0 saturated carbocycles. The van der Waals surface area contributed by atoms with Gasteiger partial charge in [0.05, 0.1) is 24.9 Å². The summed E-state index contributed by atoms with van der Waals surface area (Å²) in [6.07, 6.45) is 1.15. The van der Waals surface area contributed by atoms with Gasteiger partial charge in [0, 0.05) is 10.6 Å². The Bertz CT molecular complexity index is 953. The number of nitrogens with zero attached hydrogens (tertiary/aromatic N) is 1. The average molecular weight is 471 g/mol. The van der Waals surface area contributed by atoms with Gasteiger partial charge in [-0.05, 0) is 44.4 Å². The first-order valence-electron chi connectivity index (χ1n) is 11.2. The van der Waals surface area contributed by atoms with E-state index in [9.17, 15) is 14.4 Å². The lowest BCUT2D eigenvalue weighted by atomic mass is 10.0. The molecule has 1 aliphatic rings. The fourth-order valence-corrected chi connectivity index (χ4v) is 4.77. The summed E-state index contributed by atoms with van der Waals surface area (Å²) in [5.41, 5.74) is 1.77. The Hall–Kier alpha value is -2.84. The minimum Gasteiger partial charge on any atom is -0.465 e. The lowest BCUT2D eigenvalue weighted by molar-refractivity contribution is -0.146. The molecule has 1 amide bonds. The highest BCUT2D eigenvalue weighted by molar-refractivity contribution is 7.99. The van der Waals surface area contributed by atoms with Gasteiger partial charge in [-0.3, -0.25) is 24.6 Å². The van der Waals surface area contributed by atoms with Crippen molar-refractivity contribution in [3.8, 4) is 0 Å². The minimum atomic E-state index is -0.665. The number of amides is 1. The molecule has 1 heterocycles. The zero-order valence-corrected chi connectivity index (χ0v) is 19.8. The quantitative estimate of drug-likeness (QED) is 0.534. The van der Waals surface area contributed by atoms with Crippen molar-refractivity contribution >= 4 is 35.3 Å². The number of ether oxygens (including phenoxy) is 2. The van der Waals surface area contributed by atoms with E-state index in [0.29, 0.717) is 24.3 Å². The number of carbonyl (C=O) groups is 3. The number of para-hydroxylation sites is 1. The van der Waals surface area contributed by atoms with Crippen LogP contribution in [0, 0.1) is 0 Å².